The van der Waals surface area contributed by atoms with Crippen LogP contribution in [0.3, 0.4) is 0 Å². The van der Waals surface area contributed by atoms with E-state index < -0.39 is 23.6 Å². The second kappa shape index (κ2) is 9.10. The molecular formula is C23H33F2N3O3. The fourth-order valence-corrected chi connectivity index (χ4v) is 4.62. The molecule has 3 rings (SSSR count). The Morgan fingerprint density at radius 2 is 1.81 bits per heavy atom. The topological polar surface area (TPSA) is 53.1 Å². The van der Waals surface area contributed by atoms with E-state index in [1.165, 1.54) is 19.2 Å². The highest BCUT2D eigenvalue weighted by atomic mass is 19.1. The minimum Gasteiger partial charge on any atom is -0.453 e. The predicted octanol–water partition coefficient (Wildman–Crippen LogP) is 3.47. The van der Waals surface area contributed by atoms with Crippen LogP contribution >= 0.6 is 0 Å². The summed E-state index contributed by atoms with van der Waals surface area (Å²) in [6.45, 7) is 10.5. The van der Waals surface area contributed by atoms with Crippen molar-refractivity contribution >= 4 is 12.0 Å². The Balaban J connectivity index is 1.85. The zero-order valence-electron chi connectivity index (χ0n) is 19.0. The predicted molar refractivity (Wildman–Crippen MR) is 114 cm³/mol. The number of hydrogen-bond acceptors (Lipinski definition) is 4. The van der Waals surface area contributed by atoms with E-state index in [0.29, 0.717) is 44.7 Å². The molecule has 2 amide bonds. The van der Waals surface area contributed by atoms with Gasteiger partial charge in [0.1, 0.15) is 11.6 Å². The summed E-state index contributed by atoms with van der Waals surface area (Å²) in [5.41, 5.74) is 0.199. The van der Waals surface area contributed by atoms with Crippen LogP contribution in [0.2, 0.25) is 0 Å². The van der Waals surface area contributed by atoms with Crippen LogP contribution in [-0.2, 0) is 9.53 Å². The molecule has 0 saturated carbocycles. The van der Waals surface area contributed by atoms with Gasteiger partial charge >= 0.3 is 6.09 Å². The summed E-state index contributed by atoms with van der Waals surface area (Å²) in [6.07, 6.45) is 0.249. The van der Waals surface area contributed by atoms with Gasteiger partial charge in [-0.15, -0.1) is 0 Å². The molecule has 0 aromatic heterocycles. The number of benzene rings is 1. The summed E-state index contributed by atoms with van der Waals surface area (Å²) in [7, 11) is 1.35. The van der Waals surface area contributed by atoms with E-state index >= 15 is 0 Å². The van der Waals surface area contributed by atoms with Crippen molar-refractivity contribution in [3.63, 3.8) is 0 Å². The molecule has 172 valence electrons. The molecule has 3 atom stereocenters. The number of ether oxygens (including phenoxy) is 1. The largest absolute Gasteiger partial charge is 0.453 e. The van der Waals surface area contributed by atoms with Crippen LogP contribution in [0.25, 0.3) is 0 Å². The van der Waals surface area contributed by atoms with Crippen molar-refractivity contribution in [1.82, 2.24) is 14.7 Å². The smallest absolute Gasteiger partial charge is 0.409 e. The molecule has 1 aromatic rings. The highest BCUT2D eigenvalue weighted by Gasteiger charge is 2.44. The maximum atomic E-state index is 14.7. The number of carbonyl (C=O) groups excluding carboxylic acids is 2. The number of halogens is 2. The second-order valence-electron chi connectivity index (χ2n) is 9.58. The summed E-state index contributed by atoms with van der Waals surface area (Å²) in [6, 6.07) is 3.57. The van der Waals surface area contributed by atoms with Crippen molar-refractivity contribution in [3.8, 4) is 0 Å². The lowest BCUT2D eigenvalue weighted by Crippen LogP contribution is -2.43. The molecule has 0 bridgehead atoms. The van der Waals surface area contributed by atoms with Crippen LogP contribution in [-0.4, -0.2) is 78.1 Å². The van der Waals surface area contributed by atoms with Gasteiger partial charge in [0.25, 0.3) is 0 Å². The zero-order chi connectivity index (χ0) is 22.9. The van der Waals surface area contributed by atoms with Crippen molar-refractivity contribution in [1.29, 1.82) is 0 Å². The highest BCUT2D eigenvalue weighted by molar-refractivity contribution is 5.81. The lowest BCUT2D eigenvalue weighted by molar-refractivity contribution is -0.135. The number of carbonyl (C=O) groups is 2. The Kier molecular flexibility index (Phi) is 6.88. The summed E-state index contributed by atoms with van der Waals surface area (Å²) < 4.78 is 33.0. The van der Waals surface area contributed by atoms with E-state index in [4.69, 9.17) is 4.74 Å². The lowest BCUT2D eigenvalue weighted by Gasteiger charge is -2.32. The van der Waals surface area contributed by atoms with Gasteiger partial charge in [0.05, 0.1) is 13.0 Å². The van der Waals surface area contributed by atoms with Gasteiger partial charge in [0, 0.05) is 56.3 Å². The van der Waals surface area contributed by atoms with Crippen LogP contribution in [0.4, 0.5) is 13.6 Å². The molecule has 6 nitrogen and oxygen atoms in total. The van der Waals surface area contributed by atoms with Gasteiger partial charge in [-0.25, -0.2) is 13.6 Å². The van der Waals surface area contributed by atoms with E-state index in [0.717, 1.165) is 6.07 Å². The number of amides is 2. The van der Waals surface area contributed by atoms with E-state index in [2.05, 4.69) is 25.7 Å². The van der Waals surface area contributed by atoms with Gasteiger partial charge in [0.15, 0.2) is 0 Å². The van der Waals surface area contributed by atoms with Crippen molar-refractivity contribution in [2.24, 2.45) is 5.92 Å². The number of rotatable bonds is 2. The van der Waals surface area contributed by atoms with Crippen LogP contribution in [0.5, 0.6) is 0 Å². The minimum absolute atomic E-state index is 0.0368. The Labute approximate surface area is 183 Å². The molecule has 0 spiro atoms. The molecule has 2 fully saturated rings. The van der Waals surface area contributed by atoms with Gasteiger partial charge in [-0.1, -0.05) is 6.07 Å². The van der Waals surface area contributed by atoms with E-state index in [9.17, 15) is 18.4 Å². The number of likely N-dealkylation sites (tertiary alicyclic amines) is 1. The molecule has 2 saturated heterocycles. The average molecular weight is 438 g/mol. The Morgan fingerprint density at radius 1 is 1.10 bits per heavy atom. The highest BCUT2D eigenvalue weighted by Crippen LogP contribution is 2.38. The zero-order valence-corrected chi connectivity index (χ0v) is 19.0. The van der Waals surface area contributed by atoms with E-state index in [-0.39, 0.29) is 23.4 Å². The van der Waals surface area contributed by atoms with Gasteiger partial charge < -0.3 is 14.5 Å². The fraction of sp³-hybridized carbons (Fsp3) is 0.652. The minimum atomic E-state index is -0.626. The van der Waals surface area contributed by atoms with Gasteiger partial charge in [0.2, 0.25) is 5.91 Å². The molecule has 1 aromatic carbocycles. The third kappa shape index (κ3) is 5.00. The fourth-order valence-electron chi connectivity index (χ4n) is 4.62. The van der Waals surface area contributed by atoms with Crippen molar-refractivity contribution in [2.45, 2.75) is 51.6 Å². The van der Waals surface area contributed by atoms with Crippen molar-refractivity contribution < 1.29 is 23.1 Å². The molecule has 0 aliphatic carbocycles. The Hall–Kier alpha value is -2.22. The first-order chi connectivity index (χ1) is 14.5. The van der Waals surface area contributed by atoms with Gasteiger partial charge in [-0.2, -0.15) is 0 Å². The van der Waals surface area contributed by atoms with Gasteiger partial charge in [-0.3, -0.25) is 9.69 Å². The first-order valence-electron chi connectivity index (χ1n) is 10.9. The monoisotopic (exact) mass is 437 g/mol. The van der Waals surface area contributed by atoms with Crippen LogP contribution in [0.1, 0.15) is 45.6 Å². The molecule has 0 N–H and O–H groups in total. The maximum absolute atomic E-state index is 14.7. The second-order valence-corrected chi connectivity index (χ2v) is 9.58. The number of nitrogens with zero attached hydrogens (tertiary/aromatic N) is 3. The normalized spacial score (nSPS) is 25.5. The number of hydrogen-bond donors (Lipinski definition) is 0. The van der Waals surface area contributed by atoms with Crippen molar-refractivity contribution in [3.05, 3.63) is 35.4 Å². The maximum Gasteiger partial charge on any atom is 0.409 e. The van der Waals surface area contributed by atoms with Crippen LogP contribution in [0.15, 0.2) is 18.2 Å². The molecule has 2 heterocycles. The van der Waals surface area contributed by atoms with Crippen molar-refractivity contribution in [2.75, 3.05) is 39.8 Å². The summed E-state index contributed by atoms with van der Waals surface area (Å²) in [5, 5.41) is 0. The van der Waals surface area contributed by atoms with Crippen LogP contribution in [0, 0.1) is 17.6 Å². The standard InChI is InChI=1S/C23H33F2N3O3/c1-15-8-9-26(10-11-28(15)22(30)31-5)21(29)19-14-27(23(2,3)4)13-18(19)17-7-6-16(24)12-20(17)25/h6-7,12,15,18-19H,8-11,13-14H2,1-5H3/t15?,18-,19+/m0/s1. The average Bonchev–Trinajstić information content (AvgIpc) is 3.05. The molecule has 31 heavy (non-hydrogen) atoms. The van der Waals surface area contributed by atoms with Crippen LogP contribution < -0.4 is 0 Å². The third-order valence-corrected chi connectivity index (χ3v) is 6.63. The SMILES string of the molecule is COC(=O)N1CCN(C(=O)[C@@H]2CN(C(C)(C)C)C[C@H]2c2ccc(F)cc2F)CCC1C. The first-order valence-corrected chi connectivity index (χ1v) is 10.9. The molecular weight excluding hydrogens is 404 g/mol. The van der Waals surface area contributed by atoms with E-state index in [1.807, 2.05) is 6.92 Å². The Bertz CT molecular complexity index is 827. The molecule has 2 aliphatic rings. The Morgan fingerprint density at radius 3 is 2.42 bits per heavy atom. The molecule has 2 aliphatic heterocycles. The summed E-state index contributed by atoms with van der Waals surface area (Å²) in [5.74, 6) is -2.07. The summed E-state index contributed by atoms with van der Waals surface area (Å²) in [4.78, 5) is 31.3. The lowest BCUT2D eigenvalue weighted by atomic mass is 9.87. The third-order valence-electron chi connectivity index (χ3n) is 6.63. The quantitative estimate of drug-likeness (QED) is 0.711. The van der Waals surface area contributed by atoms with Gasteiger partial charge in [-0.05, 0) is 45.7 Å². The van der Waals surface area contributed by atoms with E-state index in [1.54, 1.807) is 9.80 Å². The summed E-state index contributed by atoms with van der Waals surface area (Å²) >= 11 is 0. The first kappa shape index (κ1) is 23.4. The molecule has 0 radical (unpaired) electrons. The molecule has 8 heteroatoms. The number of methoxy groups -OCH3 is 1. The molecule has 1 unspecified atom stereocenters.